The number of aliphatic hydroxyl groups is 1. The van der Waals surface area contributed by atoms with E-state index in [4.69, 9.17) is 4.98 Å². The fourth-order valence-electron chi connectivity index (χ4n) is 2.78. The Morgan fingerprint density at radius 3 is 2.95 bits per heavy atom. The van der Waals surface area contributed by atoms with Crippen molar-refractivity contribution < 1.29 is 5.11 Å². The molecule has 2 aliphatic rings. The van der Waals surface area contributed by atoms with Crippen molar-refractivity contribution >= 4 is 16.5 Å². The van der Waals surface area contributed by atoms with Crippen LogP contribution in [0.4, 0.5) is 5.13 Å². The van der Waals surface area contributed by atoms with E-state index in [0.717, 1.165) is 37.2 Å². The van der Waals surface area contributed by atoms with Gasteiger partial charge in [-0.2, -0.15) is 0 Å². The molecule has 0 spiro atoms. The molecule has 1 aromatic heterocycles. The quantitative estimate of drug-likeness (QED) is 0.895. The van der Waals surface area contributed by atoms with E-state index < -0.39 is 0 Å². The van der Waals surface area contributed by atoms with Gasteiger partial charge in [0.15, 0.2) is 5.13 Å². The molecular formula is C14H23N3OS. The van der Waals surface area contributed by atoms with Gasteiger partial charge >= 0.3 is 0 Å². The number of anilines is 1. The summed E-state index contributed by atoms with van der Waals surface area (Å²) in [5.41, 5.74) is 1.18. The summed E-state index contributed by atoms with van der Waals surface area (Å²) in [7, 11) is 2.15. The molecular weight excluding hydrogens is 258 g/mol. The van der Waals surface area contributed by atoms with Crippen molar-refractivity contribution in [2.24, 2.45) is 5.92 Å². The lowest BCUT2D eigenvalue weighted by atomic mass is 10.0. The summed E-state index contributed by atoms with van der Waals surface area (Å²) in [6.07, 6.45) is 3.55. The van der Waals surface area contributed by atoms with E-state index >= 15 is 0 Å². The maximum absolute atomic E-state index is 9.63. The second-order valence-corrected chi connectivity index (χ2v) is 6.82. The fraction of sp³-hybridized carbons (Fsp3) is 0.786. The Kier molecular flexibility index (Phi) is 3.78. The molecule has 19 heavy (non-hydrogen) atoms. The summed E-state index contributed by atoms with van der Waals surface area (Å²) < 4.78 is 0. The number of aliphatic hydroxyl groups excluding tert-OH is 1. The van der Waals surface area contributed by atoms with Crippen molar-refractivity contribution in [3.05, 3.63) is 11.1 Å². The lowest BCUT2D eigenvalue weighted by Crippen LogP contribution is -2.24. The molecule has 1 saturated carbocycles. The monoisotopic (exact) mass is 281 g/mol. The van der Waals surface area contributed by atoms with Crippen molar-refractivity contribution in [3.8, 4) is 0 Å². The van der Waals surface area contributed by atoms with E-state index in [1.165, 1.54) is 18.5 Å². The highest BCUT2D eigenvalue weighted by atomic mass is 32.1. The first-order valence-corrected chi connectivity index (χ1v) is 8.09. The summed E-state index contributed by atoms with van der Waals surface area (Å²) in [6, 6.07) is 0.727. The molecule has 1 saturated heterocycles. The molecule has 4 nitrogen and oxygen atoms in total. The van der Waals surface area contributed by atoms with Gasteiger partial charge < -0.3 is 10.0 Å². The van der Waals surface area contributed by atoms with Crippen LogP contribution in [0.2, 0.25) is 0 Å². The summed E-state index contributed by atoms with van der Waals surface area (Å²) in [4.78, 5) is 9.47. The molecule has 2 atom stereocenters. The van der Waals surface area contributed by atoms with Crippen molar-refractivity contribution in [1.82, 2.24) is 9.88 Å². The summed E-state index contributed by atoms with van der Waals surface area (Å²) in [5.74, 6) is 0.437. The van der Waals surface area contributed by atoms with Crippen molar-refractivity contribution in [2.45, 2.75) is 44.9 Å². The number of nitrogens with zero attached hydrogens (tertiary/aromatic N) is 3. The van der Waals surface area contributed by atoms with Gasteiger partial charge in [-0.25, -0.2) is 4.98 Å². The first kappa shape index (κ1) is 13.3. The first-order valence-electron chi connectivity index (χ1n) is 7.21. The van der Waals surface area contributed by atoms with Crippen LogP contribution in [0.15, 0.2) is 5.38 Å². The van der Waals surface area contributed by atoms with Gasteiger partial charge in [-0.1, -0.05) is 0 Å². The zero-order valence-electron chi connectivity index (χ0n) is 11.7. The number of hydrogen-bond acceptors (Lipinski definition) is 5. The van der Waals surface area contributed by atoms with Crippen molar-refractivity contribution in [3.63, 3.8) is 0 Å². The third kappa shape index (κ3) is 3.09. The third-order valence-electron chi connectivity index (χ3n) is 4.31. The average Bonchev–Trinajstić information content (AvgIpc) is 2.94. The zero-order chi connectivity index (χ0) is 13.4. The highest BCUT2D eigenvalue weighted by molar-refractivity contribution is 7.13. The molecule has 5 heteroatoms. The van der Waals surface area contributed by atoms with Crippen LogP contribution in [-0.2, 0) is 6.54 Å². The van der Waals surface area contributed by atoms with Crippen LogP contribution in [-0.4, -0.2) is 47.3 Å². The Balaban J connectivity index is 1.55. The molecule has 2 fully saturated rings. The van der Waals surface area contributed by atoms with E-state index in [2.05, 4.69) is 22.2 Å². The standard InChI is InChI=1S/C14H23N3OS/c1-10(18)11-5-6-17(7-11)8-12-9-19-14(15-12)16(2)13-3-4-13/h9-11,13,18H,3-8H2,1-2H3. The minimum Gasteiger partial charge on any atom is -0.393 e. The van der Waals surface area contributed by atoms with Crippen molar-refractivity contribution in [1.29, 1.82) is 0 Å². The van der Waals surface area contributed by atoms with Gasteiger partial charge in [0.2, 0.25) is 0 Å². The van der Waals surface area contributed by atoms with Crippen LogP contribution in [0.1, 0.15) is 31.9 Å². The molecule has 0 amide bonds. The Morgan fingerprint density at radius 1 is 1.53 bits per heavy atom. The Labute approximate surface area is 119 Å². The molecule has 1 aliphatic heterocycles. The molecule has 0 aromatic carbocycles. The van der Waals surface area contributed by atoms with Crippen LogP contribution in [0, 0.1) is 5.92 Å². The van der Waals surface area contributed by atoms with Crippen molar-refractivity contribution in [2.75, 3.05) is 25.0 Å². The maximum Gasteiger partial charge on any atom is 0.185 e. The number of hydrogen-bond donors (Lipinski definition) is 1. The lowest BCUT2D eigenvalue weighted by Gasteiger charge is -2.16. The average molecular weight is 281 g/mol. The first-order chi connectivity index (χ1) is 9.13. The van der Waals surface area contributed by atoms with Gasteiger partial charge in [-0.3, -0.25) is 4.90 Å². The predicted octanol–water partition coefficient (Wildman–Crippen LogP) is 1.94. The molecule has 1 aromatic rings. The van der Waals surface area contributed by atoms with Crippen LogP contribution >= 0.6 is 11.3 Å². The highest BCUT2D eigenvalue weighted by Crippen LogP contribution is 2.32. The normalized spacial score (nSPS) is 25.7. The van der Waals surface area contributed by atoms with Gasteiger partial charge in [-0.15, -0.1) is 11.3 Å². The lowest BCUT2D eigenvalue weighted by molar-refractivity contribution is 0.127. The van der Waals surface area contributed by atoms with Crippen LogP contribution in [0.3, 0.4) is 0 Å². The smallest absolute Gasteiger partial charge is 0.185 e. The predicted molar refractivity (Wildman–Crippen MR) is 78.6 cm³/mol. The molecule has 1 N–H and O–H groups in total. The van der Waals surface area contributed by atoms with Gasteiger partial charge in [0.1, 0.15) is 0 Å². The number of aromatic nitrogens is 1. The summed E-state index contributed by atoms with van der Waals surface area (Å²) in [5, 5.41) is 13.0. The number of likely N-dealkylation sites (tertiary alicyclic amines) is 1. The molecule has 2 unspecified atom stereocenters. The Morgan fingerprint density at radius 2 is 2.32 bits per heavy atom. The van der Waals surface area contributed by atoms with Crippen LogP contribution in [0.25, 0.3) is 0 Å². The Hall–Kier alpha value is -0.650. The maximum atomic E-state index is 9.63. The Bertz CT molecular complexity index is 430. The molecule has 2 heterocycles. The van der Waals surface area contributed by atoms with E-state index in [1.807, 2.05) is 6.92 Å². The number of rotatable bonds is 5. The SMILES string of the molecule is CC(O)C1CCN(Cc2csc(N(C)C3CC3)n2)C1. The minimum atomic E-state index is -0.183. The minimum absolute atomic E-state index is 0.183. The van der Waals surface area contributed by atoms with Crippen LogP contribution < -0.4 is 4.90 Å². The van der Waals surface area contributed by atoms with Gasteiger partial charge in [0.05, 0.1) is 11.8 Å². The van der Waals surface area contributed by atoms with Gasteiger partial charge in [0, 0.05) is 31.6 Å². The van der Waals surface area contributed by atoms with E-state index in [0.29, 0.717) is 5.92 Å². The second kappa shape index (κ2) is 5.38. The van der Waals surface area contributed by atoms with Crippen LogP contribution in [0.5, 0.6) is 0 Å². The van der Waals surface area contributed by atoms with E-state index in [1.54, 1.807) is 11.3 Å². The molecule has 0 bridgehead atoms. The number of thiazole rings is 1. The molecule has 0 radical (unpaired) electrons. The van der Waals surface area contributed by atoms with E-state index in [9.17, 15) is 5.11 Å². The third-order valence-corrected chi connectivity index (χ3v) is 5.29. The van der Waals surface area contributed by atoms with E-state index in [-0.39, 0.29) is 6.10 Å². The van der Waals surface area contributed by atoms with Gasteiger partial charge in [0.25, 0.3) is 0 Å². The van der Waals surface area contributed by atoms with Gasteiger partial charge in [-0.05, 0) is 38.6 Å². The zero-order valence-corrected chi connectivity index (χ0v) is 12.6. The largest absolute Gasteiger partial charge is 0.393 e. The highest BCUT2D eigenvalue weighted by Gasteiger charge is 2.29. The molecule has 3 rings (SSSR count). The molecule has 1 aliphatic carbocycles. The second-order valence-electron chi connectivity index (χ2n) is 5.99. The summed E-state index contributed by atoms with van der Waals surface area (Å²) >= 11 is 1.76. The fourth-order valence-corrected chi connectivity index (χ4v) is 3.63. The topological polar surface area (TPSA) is 39.6 Å². The molecule has 106 valence electrons. The summed E-state index contributed by atoms with van der Waals surface area (Å²) in [6.45, 7) is 4.92.